The molecule has 0 radical (unpaired) electrons. The fourth-order valence-corrected chi connectivity index (χ4v) is 5.45. The largest absolute Gasteiger partial charge is 0.563 e. The molecule has 4 N–H and O–H groups in total. The first-order chi connectivity index (χ1) is 18.5. The van der Waals surface area contributed by atoms with Crippen LogP contribution in [0.15, 0.2) is 23.9 Å². The van der Waals surface area contributed by atoms with Gasteiger partial charge in [0.05, 0.1) is 0 Å². The van der Waals surface area contributed by atoms with Crippen molar-refractivity contribution in [2.24, 2.45) is 17.8 Å². The predicted molar refractivity (Wildman–Crippen MR) is 165 cm³/mol. The minimum atomic E-state index is -0.967. The Bertz CT molecular complexity index is 880. The lowest BCUT2D eigenvalue weighted by Gasteiger charge is -2.17. The van der Waals surface area contributed by atoms with Gasteiger partial charge in [-0.2, -0.15) is 16.7 Å². The standard InChI is InChI=1S/C30H52N4O4S/c1-22(2)10-7-11-23(3)12-8-13-24(4)14-9-15-25(5)17-19-39-21-26(29(37)38)32-30-31-18-16-27(33-30)34(6)20-28(35)36/h16-18,22-24,26H,7-15,19-21H2,1-6H3,(H,35,36)(H,37,38)(H,31,32,33)/p+1/b25-17+. The third-order valence-corrected chi connectivity index (χ3v) is 7.96. The van der Waals surface area contributed by atoms with Crippen LogP contribution in [0.4, 0.5) is 11.8 Å². The molecule has 39 heavy (non-hydrogen) atoms. The first-order valence-corrected chi connectivity index (χ1v) is 15.6. The van der Waals surface area contributed by atoms with E-state index in [1.54, 1.807) is 24.9 Å². The quantitative estimate of drug-likeness (QED) is 0.0976. The number of thioether (sulfide) groups is 1. The molecule has 1 aromatic heterocycles. The molecule has 1 heterocycles. The minimum absolute atomic E-state index is 0.1000. The number of carboxylic acid groups (broad SMARTS) is 1. The zero-order valence-electron chi connectivity index (χ0n) is 25.0. The van der Waals surface area contributed by atoms with Crippen molar-refractivity contribution in [3.8, 4) is 0 Å². The van der Waals surface area contributed by atoms with Crippen molar-refractivity contribution in [1.82, 2.24) is 9.97 Å². The van der Waals surface area contributed by atoms with Crippen LogP contribution in [0, 0.1) is 17.8 Å². The first kappa shape index (κ1) is 34.7. The number of carboxylic acids is 1. The van der Waals surface area contributed by atoms with Crippen LogP contribution in [0.3, 0.4) is 0 Å². The summed E-state index contributed by atoms with van der Waals surface area (Å²) >= 11 is 1.56. The average Bonchev–Trinajstić information content (AvgIpc) is 2.85. The molecule has 0 amide bonds. The van der Waals surface area contributed by atoms with Gasteiger partial charge in [0.2, 0.25) is 5.95 Å². The number of hydrogen-bond acceptors (Lipinski definition) is 7. The van der Waals surface area contributed by atoms with E-state index in [1.165, 1.54) is 68.0 Å². The topological polar surface area (TPSA) is 118 Å². The summed E-state index contributed by atoms with van der Waals surface area (Å²) in [6.07, 6.45) is 15.4. The van der Waals surface area contributed by atoms with Gasteiger partial charge in [0.1, 0.15) is 11.9 Å². The number of aliphatic carboxylic acids is 1. The summed E-state index contributed by atoms with van der Waals surface area (Å²) in [6.45, 7) is 11.5. The van der Waals surface area contributed by atoms with Crippen LogP contribution in [0.25, 0.3) is 0 Å². The monoisotopic (exact) mass is 565 g/mol. The molecule has 0 aliphatic rings. The van der Waals surface area contributed by atoms with Crippen molar-refractivity contribution in [3.05, 3.63) is 23.9 Å². The Labute approximate surface area is 240 Å². The van der Waals surface area contributed by atoms with Crippen LogP contribution < -0.4 is 10.2 Å². The summed E-state index contributed by atoms with van der Waals surface area (Å²) in [4.78, 5) is 32.7. The van der Waals surface area contributed by atoms with Crippen LogP contribution in [-0.2, 0) is 9.59 Å². The van der Waals surface area contributed by atoms with Crippen molar-refractivity contribution >= 4 is 35.5 Å². The van der Waals surface area contributed by atoms with E-state index >= 15 is 0 Å². The van der Waals surface area contributed by atoms with Gasteiger partial charge in [-0.25, -0.2) is 9.78 Å². The van der Waals surface area contributed by atoms with Crippen molar-refractivity contribution in [2.75, 3.05) is 35.3 Å². The molecule has 3 atom stereocenters. The predicted octanol–water partition coefficient (Wildman–Crippen LogP) is 6.15. The van der Waals surface area contributed by atoms with E-state index in [4.69, 9.17) is 5.11 Å². The van der Waals surface area contributed by atoms with Crippen molar-refractivity contribution < 1.29 is 19.8 Å². The SMILES string of the molecule is C/C(=C\CSCC(Nc1nccc(N(C)CC(=O)[OH2+])n1)C(=O)O)CCCC(C)CCCC(C)CCCC(C)C. The number of aromatic nitrogens is 2. The zero-order chi connectivity index (χ0) is 29.2. The molecule has 0 saturated heterocycles. The van der Waals surface area contributed by atoms with E-state index in [9.17, 15) is 14.7 Å². The zero-order valence-corrected chi connectivity index (χ0v) is 25.9. The van der Waals surface area contributed by atoms with Gasteiger partial charge >= 0.3 is 11.9 Å². The summed E-state index contributed by atoms with van der Waals surface area (Å²) in [6, 6.07) is 0.782. The van der Waals surface area contributed by atoms with Gasteiger partial charge in [-0.1, -0.05) is 84.3 Å². The van der Waals surface area contributed by atoms with Gasteiger partial charge in [0.25, 0.3) is 0 Å². The fourth-order valence-electron chi connectivity index (χ4n) is 4.45. The maximum atomic E-state index is 11.8. The number of likely N-dealkylation sites (N-methyl/N-ethyl adjacent to an activating group) is 1. The highest BCUT2D eigenvalue weighted by Gasteiger charge is 2.19. The number of carbonyl (C=O) groups excluding carboxylic acids is 1. The van der Waals surface area contributed by atoms with Crippen molar-refractivity contribution in [3.63, 3.8) is 0 Å². The normalized spacial score (nSPS) is 14.2. The lowest BCUT2D eigenvalue weighted by atomic mass is 9.91. The van der Waals surface area contributed by atoms with Gasteiger partial charge < -0.3 is 20.4 Å². The number of anilines is 2. The Kier molecular flexibility index (Phi) is 17.6. The molecule has 0 aliphatic heterocycles. The Morgan fingerprint density at radius 2 is 1.69 bits per heavy atom. The molecular formula is C30H53N4O4S+. The molecule has 0 aromatic carbocycles. The van der Waals surface area contributed by atoms with E-state index in [0.29, 0.717) is 11.6 Å². The van der Waals surface area contributed by atoms with Crippen LogP contribution >= 0.6 is 11.8 Å². The molecule has 0 spiro atoms. The van der Waals surface area contributed by atoms with Gasteiger partial charge in [-0.05, 0) is 43.6 Å². The van der Waals surface area contributed by atoms with Crippen molar-refractivity contribution in [2.45, 2.75) is 98.4 Å². The Morgan fingerprint density at radius 3 is 2.28 bits per heavy atom. The molecule has 1 aromatic rings. The summed E-state index contributed by atoms with van der Waals surface area (Å²) in [5.41, 5.74) is 1.36. The van der Waals surface area contributed by atoms with E-state index < -0.39 is 18.0 Å². The van der Waals surface area contributed by atoms with E-state index in [0.717, 1.165) is 29.9 Å². The van der Waals surface area contributed by atoms with Crippen LogP contribution in [-0.4, -0.2) is 63.3 Å². The average molecular weight is 566 g/mol. The van der Waals surface area contributed by atoms with Crippen LogP contribution in [0.5, 0.6) is 0 Å². The molecular weight excluding hydrogens is 512 g/mol. The Morgan fingerprint density at radius 1 is 1.08 bits per heavy atom. The number of nitrogens with one attached hydrogen (secondary N) is 1. The first-order valence-electron chi connectivity index (χ1n) is 14.5. The molecule has 1 rings (SSSR count). The number of hydrogen-bond donors (Lipinski definition) is 2. The lowest BCUT2D eigenvalue weighted by Crippen LogP contribution is -2.33. The summed E-state index contributed by atoms with van der Waals surface area (Å²) < 4.78 is 0. The second-order valence-corrected chi connectivity index (χ2v) is 12.6. The molecule has 0 saturated carbocycles. The maximum absolute atomic E-state index is 11.8. The number of allylic oxidation sites excluding steroid dienone is 1. The number of nitrogens with zero attached hydrogens (tertiary/aromatic N) is 3. The Balaban J connectivity index is 2.31. The highest BCUT2D eigenvalue weighted by Crippen LogP contribution is 2.22. The minimum Gasteiger partial charge on any atom is -0.563 e. The number of rotatable bonds is 22. The third kappa shape index (κ3) is 17.1. The lowest BCUT2D eigenvalue weighted by molar-refractivity contribution is -0.137. The van der Waals surface area contributed by atoms with Crippen LogP contribution in [0.1, 0.15) is 92.4 Å². The molecule has 9 heteroatoms. The van der Waals surface area contributed by atoms with E-state index in [2.05, 4.69) is 56.0 Å². The third-order valence-electron chi connectivity index (χ3n) is 6.99. The second kappa shape index (κ2) is 19.7. The molecule has 0 bridgehead atoms. The van der Waals surface area contributed by atoms with Crippen LogP contribution in [0.2, 0.25) is 0 Å². The molecule has 222 valence electrons. The summed E-state index contributed by atoms with van der Waals surface area (Å²) in [5, 5.41) is 19.6. The molecule has 0 aliphatic carbocycles. The van der Waals surface area contributed by atoms with Gasteiger partial charge in [0.15, 0.2) is 6.54 Å². The maximum Gasteiger partial charge on any atom is 0.535 e. The molecule has 8 nitrogen and oxygen atoms in total. The summed E-state index contributed by atoms with van der Waals surface area (Å²) in [7, 11) is 1.65. The van der Waals surface area contributed by atoms with Gasteiger partial charge in [-0.15, -0.1) is 0 Å². The van der Waals surface area contributed by atoms with E-state index in [1.807, 2.05) is 0 Å². The van der Waals surface area contributed by atoms with Gasteiger partial charge in [-0.3, -0.25) is 0 Å². The molecule has 0 fully saturated rings. The highest BCUT2D eigenvalue weighted by molar-refractivity contribution is 7.99. The summed E-state index contributed by atoms with van der Waals surface area (Å²) in [5.74, 6) is 2.51. The van der Waals surface area contributed by atoms with Crippen molar-refractivity contribution in [1.29, 1.82) is 0 Å². The Hall–Kier alpha value is -2.29. The van der Waals surface area contributed by atoms with Gasteiger partial charge in [0, 0.05) is 29.5 Å². The molecule has 3 unspecified atom stereocenters. The number of carbonyl (C=O) groups is 2. The highest BCUT2D eigenvalue weighted by atomic mass is 32.2. The van der Waals surface area contributed by atoms with E-state index in [-0.39, 0.29) is 12.5 Å². The smallest absolute Gasteiger partial charge is 0.535 e. The fraction of sp³-hybridized carbons (Fsp3) is 0.733. The second-order valence-electron chi connectivity index (χ2n) is 11.5.